The second kappa shape index (κ2) is 7.62. The van der Waals surface area contributed by atoms with Crippen molar-refractivity contribution in [3.05, 3.63) is 99.6 Å². The second-order valence-electron chi connectivity index (χ2n) is 6.75. The van der Waals surface area contributed by atoms with Crippen molar-refractivity contribution in [2.45, 2.75) is 13.5 Å². The van der Waals surface area contributed by atoms with Gasteiger partial charge in [0.2, 0.25) is 0 Å². The summed E-state index contributed by atoms with van der Waals surface area (Å²) in [4.78, 5) is 16.0. The van der Waals surface area contributed by atoms with E-state index in [4.69, 9.17) is 4.74 Å². The molecule has 152 valence electrons. The lowest BCUT2D eigenvalue weighted by molar-refractivity contribution is 0.407. The molecule has 4 nitrogen and oxygen atoms in total. The Hall–Kier alpha value is -3.68. The van der Waals surface area contributed by atoms with Crippen molar-refractivity contribution >= 4 is 10.9 Å². The van der Waals surface area contributed by atoms with Gasteiger partial charge in [-0.2, -0.15) is 4.98 Å². The van der Waals surface area contributed by atoms with Crippen LogP contribution in [0.3, 0.4) is 0 Å². The number of ether oxygens (including phenoxy) is 1. The zero-order valence-corrected chi connectivity index (χ0v) is 15.6. The Morgan fingerprint density at radius 3 is 2.37 bits per heavy atom. The largest absolute Gasteiger partial charge is 0.451 e. The van der Waals surface area contributed by atoms with Crippen LogP contribution in [0.4, 0.5) is 17.6 Å². The Bertz CT molecular complexity index is 1310. The summed E-state index contributed by atoms with van der Waals surface area (Å²) in [7, 11) is 0. The number of rotatable bonds is 4. The van der Waals surface area contributed by atoms with Crippen molar-refractivity contribution in [2.24, 2.45) is 0 Å². The first-order valence-corrected chi connectivity index (χ1v) is 8.88. The molecule has 0 unspecified atom stereocenters. The Morgan fingerprint density at radius 1 is 0.933 bits per heavy atom. The molecular weight excluding hydrogens is 400 g/mol. The standard InChI is InChI=1S/C22H14F4N2O2/c1-12-6-18(25)21(19(26)7-12)30-15-4-5-20-16(9-15)22(29)27-11-28(20)10-13-2-3-14(23)8-17(13)24/h2-9,11H,10H2,1H3. The Kier molecular flexibility index (Phi) is 4.99. The summed E-state index contributed by atoms with van der Waals surface area (Å²) in [5, 5.41) is 0.116. The Morgan fingerprint density at radius 2 is 1.67 bits per heavy atom. The first-order chi connectivity index (χ1) is 14.3. The molecule has 0 bridgehead atoms. The SMILES string of the molecule is Cc1cc(F)c(Oc2ccc3c(c2)c(=O)ncn3Cc2ccc(F)cc2F)c(F)c1. The maximum Gasteiger partial charge on any atom is 0.280 e. The Labute approximate surface area is 168 Å². The Balaban J connectivity index is 1.73. The predicted molar refractivity (Wildman–Crippen MR) is 103 cm³/mol. The molecule has 0 atom stereocenters. The number of nitrogens with zero attached hydrogens (tertiary/aromatic N) is 2. The van der Waals surface area contributed by atoms with Gasteiger partial charge in [-0.1, -0.05) is 6.07 Å². The fourth-order valence-electron chi connectivity index (χ4n) is 3.12. The van der Waals surface area contributed by atoms with Crippen LogP contribution in [0, 0.1) is 30.2 Å². The minimum absolute atomic E-state index is 0.00266. The molecule has 0 fully saturated rings. The first-order valence-electron chi connectivity index (χ1n) is 8.88. The molecule has 0 radical (unpaired) electrons. The summed E-state index contributed by atoms with van der Waals surface area (Å²) >= 11 is 0. The summed E-state index contributed by atoms with van der Waals surface area (Å²) in [6, 6.07) is 9.70. The van der Waals surface area contributed by atoms with Gasteiger partial charge in [0.05, 0.1) is 23.8 Å². The molecule has 0 aliphatic heterocycles. The van der Waals surface area contributed by atoms with Gasteiger partial charge in [-0.25, -0.2) is 17.6 Å². The summed E-state index contributed by atoms with van der Waals surface area (Å²) < 4.78 is 62.1. The number of hydrogen-bond donors (Lipinski definition) is 0. The molecule has 0 saturated carbocycles. The molecule has 1 aromatic heterocycles. The number of hydrogen-bond acceptors (Lipinski definition) is 3. The molecule has 30 heavy (non-hydrogen) atoms. The minimum Gasteiger partial charge on any atom is -0.451 e. The maximum absolute atomic E-state index is 14.1. The molecule has 0 amide bonds. The molecule has 0 saturated heterocycles. The predicted octanol–water partition coefficient (Wildman–Crippen LogP) is 5.10. The van der Waals surface area contributed by atoms with Crippen molar-refractivity contribution in [1.82, 2.24) is 9.55 Å². The van der Waals surface area contributed by atoms with E-state index >= 15 is 0 Å². The molecule has 0 aliphatic rings. The van der Waals surface area contributed by atoms with Gasteiger partial charge in [0, 0.05) is 11.6 Å². The molecular formula is C22H14F4N2O2. The monoisotopic (exact) mass is 414 g/mol. The highest BCUT2D eigenvalue weighted by atomic mass is 19.1. The minimum atomic E-state index is -0.872. The average Bonchev–Trinajstić information content (AvgIpc) is 2.69. The number of benzene rings is 3. The van der Waals surface area contributed by atoms with Crippen molar-refractivity contribution in [3.63, 3.8) is 0 Å². The van der Waals surface area contributed by atoms with Crippen LogP contribution in [0.1, 0.15) is 11.1 Å². The smallest absolute Gasteiger partial charge is 0.280 e. The molecule has 0 spiro atoms. The second-order valence-corrected chi connectivity index (χ2v) is 6.75. The summed E-state index contributed by atoms with van der Waals surface area (Å²) in [6.45, 7) is 1.54. The van der Waals surface area contributed by atoms with Gasteiger partial charge in [-0.3, -0.25) is 4.79 Å². The van der Waals surface area contributed by atoms with Crippen LogP contribution in [0.5, 0.6) is 11.5 Å². The van der Waals surface area contributed by atoms with E-state index in [1.165, 1.54) is 35.2 Å². The van der Waals surface area contributed by atoms with E-state index in [0.29, 0.717) is 11.1 Å². The van der Waals surface area contributed by atoms with Crippen LogP contribution in [0.15, 0.2) is 59.7 Å². The highest BCUT2D eigenvalue weighted by Crippen LogP contribution is 2.30. The zero-order chi connectivity index (χ0) is 21.4. The quantitative estimate of drug-likeness (QED) is 0.437. The van der Waals surface area contributed by atoms with E-state index < -0.39 is 34.6 Å². The lowest BCUT2D eigenvalue weighted by Crippen LogP contribution is -2.13. The normalized spacial score (nSPS) is 11.1. The summed E-state index contributed by atoms with van der Waals surface area (Å²) in [5.74, 6) is -3.72. The molecule has 4 aromatic rings. The molecule has 1 heterocycles. The molecule has 4 rings (SSSR count). The third kappa shape index (κ3) is 3.76. The van der Waals surface area contributed by atoms with E-state index in [2.05, 4.69) is 4.98 Å². The fraction of sp³-hybridized carbons (Fsp3) is 0.0909. The fourth-order valence-corrected chi connectivity index (χ4v) is 3.12. The number of fused-ring (bicyclic) bond motifs is 1. The highest BCUT2D eigenvalue weighted by Gasteiger charge is 2.14. The van der Waals surface area contributed by atoms with Crippen molar-refractivity contribution in [2.75, 3.05) is 0 Å². The van der Waals surface area contributed by atoms with E-state index in [-0.39, 0.29) is 23.2 Å². The van der Waals surface area contributed by atoms with Gasteiger partial charge in [-0.15, -0.1) is 0 Å². The van der Waals surface area contributed by atoms with Crippen molar-refractivity contribution in [1.29, 1.82) is 0 Å². The topological polar surface area (TPSA) is 44.1 Å². The molecule has 8 heteroatoms. The van der Waals surface area contributed by atoms with Crippen LogP contribution in [-0.4, -0.2) is 9.55 Å². The number of aromatic nitrogens is 2. The summed E-state index contributed by atoms with van der Waals surface area (Å²) in [5.41, 5.74) is 0.412. The van der Waals surface area contributed by atoms with Crippen LogP contribution < -0.4 is 10.3 Å². The third-order valence-corrected chi connectivity index (χ3v) is 4.54. The van der Waals surface area contributed by atoms with Gasteiger partial charge >= 0.3 is 0 Å². The zero-order valence-electron chi connectivity index (χ0n) is 15.6. The van der Waals surface area contributed by atoms with Crippen LogP contribution in [0.25, 0.3) is 10.9 Å². The van der Waals surface area contributed by atoms with Crippen LogP contribution >= 0.6 is 0 Å². The van der Waals surface area contributed by atoms with E-state index in [1.54, 1.807) is 6.92 Å². The van der Waals surface area contributed by atoms with E-state index in [1.807, 2.05) is 0 Å². The first kappa shape index (κ1) is 19.6. The van der Waals surface area contributed by atoms with Crippen molar-refractivity contribution in [3.8, 4) is 11.5 Å². The van der Waals surface area contributed by atoms with Gasteiger partial charge < -0.3 is 9.30 Å². The van der Waals surface area contributed by atoms with Crippen LogP contribution in [-0.2, 0) is 6.54 Å². The maximum atomic E-state index is 14.1. The van der Waals surface area contributed by atoms with Gasteiger partial charge in [0.1, 0.15) is 17.4 Å². The van der Waals surface area contributed by atoms with E-state index in [0.717, 1.165) is 24.3 Å². The van der Waals surface area contributed by atoms with Gasteiger partial charge in [0.15, 0.2) is 17.4 Å². The molecule has 0 aliphatic carbocycles. The highest BCUT2D eigenvalue weighted by molar-refractivity contribution is 5.79. The van der Waals surface area contributed by atoms with E-state index in [9.17, 15) is 22.4 Å². The van der Waals surface area contributed by atoms with Gasteiger partial charge in [-0.05, 0) is 48.9 Å². The van der Waals surface area contributed by atoms with Gasteiger partial charge in [0.25, 0.3) is 5.56 Å². The lowest BCUT2D eigenvalue weighted by Gasteiger charge is -2.13. The number of halogens is 4. The molecule has 3 aromatic carbocycles. The molecule has 0 N–H and O–H groups in total. The number of aryl methyl sites for hydroxylation is 1. The summed E-state index contributed by atoms with van der Waals surface area (Å²) in [6.07, 6.45) is 1.24. The lowest BCUT2D eigenvalue weighted by atomic mass is 10.2. The van der Waals surface area contributed by atoms with Crippen LogP contribution in [0.2, 0.25) is 0 Å². The van der Waals surface area contributed by atoms with Crippen molar-refractivity contribution < 1.29 is 22.3 Å². The third-order valence-electron chi connectivity index (χ3n) is 4.54. The average molecular weight is 414 g/mol.